The summed E-state index contributed by atoms with van der Waals surface area (Å²) in [5, 5.41) is 6.89. The summed E-state index contributed by atoms with van der Waals surface area (Å²) in [6.45, 7) is 13.2. The maximum Gasteiger partial charge on any atom is 0.290 e. The first-order valence-corrected chi connectivity index (χ1v) is 9.04. The molecule has 0 spiro atoms. The molecule has 1 N–H and O–H groups in total. The largest absolute Gasteiger partial charge is 0.483 e. The molecule has 1 fully saturated rings. The van der Waals surface area contributed by atoms with Crippen LogP contribution in [0.15, 0.2) is 0 Å². The van der Waals surface area contributed by atoms with Crippen molar-refractivity contribution in [1.82, 2.24) is 14.9 Å². The van der Waals surface area contributed by atoms with E-state index in [0.717, 1.165) is 63.4 Å². The maximum absolute atomic E-state index is 8.36. The van der Waals surface area contributed by atoms with Crippen LogP contribution in [-0.2, 0) is 22.5 Å². The van der Waals surface area contributed by atoms with Crippen LogP contribution in [0.3, 0.4) is 0 Å². The fourth-order valence-corrected chi connectivity index (χ4v) is 3.16. The second-order valence-corrected chi connectivity index (χ2v) is 6.95. The summed E-state index contributed by atoms with van der Waals surface area (Å²) < 4.78 is 5.42. The molecule has 0 saturated carbocycles. The molecule has 25 heavy (non-hydrogen) atoms. The normalized spacial score (nSPS) is 17.7. The zero-order valence-electron chi connectivity index (χ0n) is 15.6. The number of carboxylic acid groups (broad SMARTS) is 1. The molecule has 2 aliphatic rings. The number of carbonyl (C=O) groups is 1. The van der Waals surface area contributed by atoms with Gasteiger partial charge in [-0.2, -0.15) is 0 Å². The van der Waals surface area contributed by atoms with Crippen LogP contribution in [0.2, 0.25) is 0 Å². The van der Waals surface area contributed by atoms with Crippen molar-refractivity contribution in [2.24, 2.45) is 5.92 Å². The lowest BCUT2D eigenvalue weighted by Crippen LogP contribution is -2.39. The molecule has 7 nitrogen and oxygen atoms in total. The molecule has 2 aliphatic heterocycles. The van der Waals surface area contributed by atoms with Gasteiger partial charge in [0, 0.05) is 43.9 Å². The SMILES string of the molecule is Cc1nc(N2CCOCC2)nc2c1CN(CCC(C)C)CC2.O=CO. The number of aryl methyl sites for hydroxylation is 1. The second-order valence-electron chi connectivity index (χ2n) is 6.95. The van der Waals surface area contributed by atoms with E-state index in [4.69, 9.17) is 24.6 Å². The highest BCUT2D eigenvalue weighted by atomic mass is 16.5. The molecule has 0 atom stereocenters. The molecular formula is C18H30N4O3. The van der Waals surface area contributed by atoms with Gasteiger partial charge in [-0.3, -0.25) is 9.69 Å². The van der Waals surface area contributed by atoms with Gasteiger partial charge >= 0.3 is 0 Å². The van der Waals surface area contributed by atoms with Crippen molar-refractivity contribution in [3.8, 4) is 0 Å². The van der Waals surface area contributed by atoms with E-state index in [1.807, 2.05) is 0 Å². The van der Waals surface area contributed by atoms with Crippen molar-refractivity contribution in [3.05, 3.63) is 17.0 Å². The van der Waals surface area contributed by atoms with Crippen molar-refractivity contribution in [1.29, 1.82) is 0 Å². The summed E-state index contributed by atoms with van der Waals surface area (Å²) in [4.78, 5) is 22.8. The van der Waals surface area contributed by atoms with E-state index in [-0.39, 0.29) is 6.47 Å². The van der Waals surface area contributed by atoms with Crippen LogP contribution in [0.25, 0.3) is 0 Å². The third kappa shape index (κ3) is 5.64. The molecule has 1 saturated heterocycles. The summed E-state index contributed by atoms with van der Waals surface area (Å²) in [6, 6.07) is 0. The first-order chi connectivity index (χ1) is 12.0. The van der Waals surface area contributed by atoms with Gasteiger partial charge in [0.15, 0.2) is 0 Å². The Morgan fingerprint density at radius 1 is 1.24 bits per heavy atom. The Hall–Kier alpha value is -1.73. The average molecular weight is 350 g/mol. The number of hydrogen-bond acceptors (Lipinski definition) is 6. The van der Waals surface area contributed by atoms with Crippen LogP contribution in [0, 0.1) is 12.8 Å². The molecule has 0 amide bonds. The summed E-state index contributed by atoms with van der Waals surface area (Å²) in [6.07, 6.45) is 2.31. The standard InChI is InChI=1S/C17H28N4O.CH2O2/c1-13(2)4-6-20-7-5-16-15(12-20)14(3)18-17(19-16)21-8-10-22-11-9-21;2-1-3/h13H,4-12H2,1-3H3;1H,(H,2,3). The first kappa shape index (κ1) is 19.6. The highest BCUT2D eigenvalue weighted by Gasteiger charge is 2.23. The number of aromatic nitrogens is 2. The van der Waals surface area contributed by atoms with Crippen molar-refractivity contribution >= 4 is 12.4 Å². The quantitative estimate of drug-likeness (QED) is 0.828. The lowest BCUT2D eigenvalue weighted by molar-refractivity contribution is -0.122. The van der Waals surface area contributed by atoms with Gasteiger partial charge in [-0.1, -0.05) is 13.8 Å². The van der Waals surface area contributed by atoms with Crippen LogP contribution in [0.5, 0.6) is 0 Å². The van der Waals surface area contributed by atoms with Crippen molar-refractivity contribution in [2.75, 3.05) is 44.3 Å². The summed E-state index contributed by atoms with van der Waals surface area (Å²) in [5.74, 6) is 1.66. The summed E-state index contributed by atoms with van der Waals surface area (Å²) >= 11 is 0. The van der Waals surface area contributed by atoms with Gasteiger partial charge in [0.25, 0.3) is 6.47 Å². The van der Waals surface area contributed by atoms with Crippen LogP contribution in [0.1, 0.15) is 37.2 Å². The number of rotatable bonds is 4. The molecule has 1 aromatic heterocycles. The molecule has 1 aromatic rings. The topological polar surface area (TPSA) is 78.8 Å². The zero-order valence-corrected chi connectivity index (χ0v) is 15.6. The molecule has 7 heteroatoms. The molecule has 0 aliphatic carbocycles. The van der Waals surface area contributed by atoms with E-state index in [1.165, 1.54) is 24.2 Å². The number of morpholine rings is 1. The highest BCUT2D eigenvalue weighted by molar-refractivity contribution is 5.38. The summed E-state index contributed by atoms with van der Waals surface area (Å²) in [5.41, 5.74) is 3.77. The number of hydrogen-bond donors (Lipinski definition) is 1. The lowest BCUT2D eigenvalue weighted by Gasteiger charge is -2.32. The Kier molecular flexibility index (Phi) is 7.58. The lowest BCUT2D eigenvalue weighted by atomic mass is 10.0. The van der Waals surface area contributed by atoms with Gasteiger partial charge in [-0.25, -0.2) is 9.97 Å². The minimum Gasteiger partial charge on any atom is -0.483 e. The van der Waals surface area contributed by atoms with Crippen LogP contribution in [-0.4, -0.2) is 65.8 Å². The predicted molar refractivity (Wildman–Crippen MR) is 96.9 cm³/mol. The highest BCUT2D eigenvalue weighted by Crippen LogP contribution is 2.23. The molecular weight excluding hydrogens is 320 g/mol. The van der Waals surface area contributed by atoms with Crippen molar-refractivity contribution in [3.63, 3.8) is 0 Å². The van der Waals surface area contributed by atoms with Crippen LogP contribution < -0.4 is 4.90 Å². The first-order valence-electron chi connectivity index (χ1n) is 9.04. The Bertz CT molecular complexity index is 559. The smallest absolute Gasteiger partial charge is 0.290 e. The molecule has 3 heterocycles. The Morgan fingerprint density at radius 3 is 2.56 bits per heavy atom. The number of anilines is 1. The fourth-order valence-electron chi connectivity index (χ4n) is 3.16. The zero-order chi connectivity index (χ0) is 18.2. The minimum absolute atomic E-state index is 0.250. The van der Waals surface area contributed by atoms with E-state index >= 15 is 0 Å². The van der Waals surface area contributed by atoms with E-state index in [0.29, 0.717) is 0 Å². The third-order valence-corrected chi connectivity index (χ3v) is 4.65. The fraction of sp³-hybridized carbons (Fsp3) is 0.722. The van der Waals surface area contributed by atoms with Gasteiger partial charge in [-0.15, -0.1) is 0 Å². The third-order valence-electron chi connectivity index (χ3n) is 4.65. The van der Waals surface area contributed by atoms with E-state index in [2.05, 4.69) is 30.6 Å². The monoisotopic (exact) mass is 350 g/mol. The van der Waals surface area contributed by atoms with Gasteiger partial charge in [0.1, 0.15) is 0 Å². The van der Waals surface area contributed by atoms with Gasteiger partial charge in [-0.05, 0) is 25.8 Å². The van der Waals surface area contributed by atoms with Crippen molar-refractivity contribution < 1.29 is 14.6 Å². The Balaban J connectivity index is 0.000000701. The van der Waals surface area contributed by atoms with E-state index < -0.39 is 0 Å². The van der Waals surface area contributed by atoms with Gasteiger partial charge in [0.2, 0.25) is 5.95 Å². The Labute approximate surface area is 150 Å². The maximum atomic E-state index is 8.36. The summed E-state index contributed by atoms with van der Waals surface area (Å²) in [7, 11) is 0. The van der Waals surface area contributed by atoms with Gasteiger partial charge < -0.3 is 14.7 Å². The minimum atomic E-state index is -0.250. The van der Waals surface area contributed by atoms with Crippen LogP contribution >= 0.6 is 0 Å². The molecule has 0 unspecified atom stereocenters. The van der Waals surface area contributed by atoms with Crippen molar-refractivity contribution in [2.45, 2.75) is 40.2 Å². The molecule has 0 bridgehead atoms. The molecule has 0 aromatic carbocycles. The average Bonchev–Trinajstić information content (AvgIpc) is 2.61. The van der Waals surface area contributed by atoms with Crippen LogP contribution in [0.4, 0.5) is 5.95 Å². The van der Waals surface area contributed by atoms with E-state index in [1.54, 1.807) is 0 Å². The van der Waals surface area contributed by atoms with Gasteiger partial charge in [0.05, 0.1) is 18.9 Å². The second kappa shape index (κ2) is 9.68. The number of nitrogens with zero attached hydrogens (tertiary/aromatic N) is 4. The predicted octanol–water partition coefficient (Wildman–Crippen LogP) is 1.73. The molecule has 0 radical (unpaired) electrons. The number of fused-ring (bicyclic) bond motifs is 1. The number of ether oxygens (including phenoxy) is 1. The molecule has 140 valence electrons. The van der Waals surface area contributed by atoms with E-state index in [9.17, 15) is 0 Å². The molecule has 3 rings (SSSR count). The Morgan fingerprint density at radius 2 is 1.92 bits per heavy atom.